The van der Waals surface area contributed by atoms with Crippen LogP contribution in [0.5, 0.6) is 0 Å². The third kappa shape index (κ3) is 3.46. The minimum Gasteiger partial charge on any atom is -0.369 e. The highest BCUT2D eigenvalue weighted by Crippen LogP contribution is 2.33. The van der Waals surface area contributed by atoms with E-state index in [1.165, 1.54) is 12.1 Å². The summed E-state index contributed by atoms with van der Waals surface area (Å²) in [7, 11) is 1.78. The van der Waals surface area contributed by atoms with Gasteiger partial charge in [0.25, 0.3) is 5.69 Å². The molecule has 0 unspecified atom stereocenters. The van der Waals surface area contributed by atoms with Crippen LogP contribution in [0.2, 0.25) is 0 Å². The first-order valence-electron chi connectivity index (χ1n) is 6.54. The molecule has 0 aromatic heterocycles. The minimum absolute atomic E-state index is 0.0743. The Hall–Kier alpha value is -1.21. The molecule has 1 N–H and O–H groups in total. The van der Waals surface area contributed by atoms with E-state index in [0.29, 0.717) is 18.2 Å². The lowest BCUT2D eigenvalue weighted by Gasteiger charge is -2.28. The number of anilines is 1. The van der Waals surface area contributed by atoms with Gasteiger partial charge in [-0.25, -0.2) is 4.39 Å². The Morgan fingerprint density at radius 2 is 2.15 bits per heavy atom. The van der Waals surface area contributed by atoms with E-state index in [1.807, 2.05) is 0 Å². The molecule has 0 atom stereocenters. The number of nitrogens with zero attached hydrogens (tertiary/aromatic N) is 2. The van der Waals surface area contributed by atoms with Crippen LogP contribution in [0.1, 0.15) is 12.8 Å². The molecule has 0 radical (unpaired) electrons. The van der Waals surface area contributed by atoms with Crippen LogP contribution in [0.4, 0.5) is 15.8 Å². The molecule has 1 aliphatic heterocycles. The first kappa shape index (κ1) is 15.2. The van der Waals surface area contributed by atoms with E-state index in [9.17, 15) is 14.5 Å². The van der Waals surface area contributed by atoms with Crippen molar-refractivity contribution in [1.82, 2.24) is 5.32 Å². The maximum absolute atomic E-state index is 13.7. The Kier molecular flexibility index (Phi) is 4.93. The second-order valence-corrected chi connectivity index (χ2v) is 5.94. The molecule has 7 heteroatoms. The summed E-state index contributed by atoms with van der Waals surface area (Å²) in [5.41, 5.74) is 0.254. The number of piperidine rings is 1. The van der Waals surface area contributed by atoms with Crippen molar-refractivity contribution in [2.75, 3.05) is 31.6 Å². The van der Waals surface area contributed by atoms with Gasteiger partial charge in [-0.05, 0) is 47.8 Å². The molecule has 20 heavy (non-hydrogen) atoms. The summed E-state index contributed by atoms with van der Waals surface area (Å²) in [6.07, 6.45) is 2.08. The molecule has 0 aliphatic carbocycles. The van der Waals surface area contributed by atoms with Crippen LogP contribution in [0.3, 0.4) is 0 Å². The maximum Gasteiger partial charge on any atom is 0.293 e. The normalized spacial score (nSPS) is 16.1. The van der Waals surface area contributed by atoms with Crippen LogP contribution in [-0.4, -0.2) is 31.6 Å². The molecule has 1 heterocycles. The predicted octanol–water partition coefficient (Wildman–Crippen LogP) is 2.93. The zero-order chi connectivity index (χ0) is 14.7. The standard InChI is InChI=1S/C13H17BrFN3O2/c1-17(8-9-2-4-16-5-3-9)12-7-11(15)10(14)6-13(12)18(19)20/h6-7,9,16H,2-5,8H2,1H3. The van der Waals surface area contributed by atoms with Gasteiger partial charge in [-0.2, -0.15) is 0 Å². The number of nitrogens with one attached hydrogen (secondary N) is 1. The Balaban J connectivity index is 2.21. The quantitative estimate of drug-likeness (QED) is 0.673. The monoisotopic (exact) mass is 345 g/mol. The molecule has 1 saturated heterocycles. The van der Waals surface area contributed by atoms with Crippen LogP contribution in [0.15, 0.2) is 16.6 Å². The van der Waals surface area contributed by atoms with E-state index in [2.05, 4.69) is 21.2 Å². The van der Waals surface area contributed by atoms with Crippen LogP contribution in [-0.2, 0) is 0 Å². The average Bonchev–Trinajstić information content (AvgIpc) is 2.42. The van der Waals surface area contributed by atoms with Gasteiger partial charge >= 0.3 is 0 Å². The largest absolute Gasteiger partial charge is 0.369 e. The van der Waals surface area contributed by atoms with E-state index in [-0.39, 0.29) is 10.2 Å². The molecule has 0 amide bonds. The van der Waals surface area contributed by atoms with E-state index >= 15 is 0 Å². The molecule has 2 rings (SSSR count). The second-order valence-electron chi connectivity index (χ2n) is 5.09. The van der Waals surface area contributed by atoms with E-state index in [1.54, 1.807) is 11.9 Å². The van der Waals surface area contributed by atoms with E-state index in [0.717, 1.165) is 25.9 Å². The van der Waals surface area contributed by atoms with Gasteiger partial charge in [-0.3, -0.25) is 10.1 Å². The Labute approximate surface area is 125 Å². The van der Waals surface area contributed by atoms with Crippen LogP contribution >= 0.6 is 15.9 Å². The topological polar surface area (TPSA) is 58.4 Å². The zero-order valence-corrected chi connectivity index (χ0v) is 12.8. The number of halogens is 2. The number of benzene rings is 1. The van der Waals surface area contributed by atoms with Crippen molar-refractivity contribution in [2.24, 2.45) is 5.92 Å². The van der Waals surface area contributed by atoms with Gasteiger partial charge in [0.2, 0.25) is 0 Å². The van der Waals surface area contributed by atoms with Crippen molar-refractivity contribution in [3.8, 4) is 0 Å². The van der Waals surface area contributed by atoms with Crippen molar-refractivity contribution in [1.29, 1.82) is 0 Å². The highest BCUT2D eigenvalue weighted by molar-refractivity contribution is 9.10. The Morgan fingerprint density at radius 3 is 2.75 bits per heavy atom. The number of rotatable bonds is 4. The molecule has 1 fully saturated rings. The third-order valence-electron chi connectivity index (χ3n) is 3.62. The molecule has 1 aliphatic rings. The average molecular weight is 346 g/mol. The molecule has 0 spiro atoms. The summed E-state index contributed by atoms with van der Waals surface area (Å²) in [5.74, 6) is -0.00433. The maximum atomic E-state index is 13.7. The summed E-state index contributed by atoms with van der Waals surface area (Å²) in [5, 5.41) is 14.4. The molecule has 0 bridgehead atoms. The summed E-state index contributed by atoms with van der Waals surface area (Å²) >= 11 is 2.99. The summed E-state index contributed by atoms with van der Waals surface area (Å²) in [6, 6.07) is 2.45. The van der Waals surface area contributed by atoms with Gasteiger partial charge in [-0.1, -0.05) is 0 Å². The van der Waals surface area contributed by atoms with Gasteiger partial charge in [0, 0.05) is 25.7 Å². The molecule has 1 aromatic carbocycles. The van der Waals surface area contributed by atoms with E-state index < -0.39 is 10.7 Å². The molecule has 1 aromatic rings. The number of nitro benzene ring substituents is 1. The fourth-order valence-corrected chi connectivity index (χ4v) is 2.86. The van der Waals surface area contributed by atoms with Gasteiger partial charge < -0.3 is 10.2 Å². The van der Waals surface area contributed by atoms with Gasteiger partial charge in [0.15, 0.2) is 0 Å². The van der Waals surface area contributed by atoms with E-state index in [4.69, 9.17) is 0 Å². The molecular formula is C13H17BrFN3O2. The van der Waals surface area contributed by atoms with Gasteiger partial charge in [0.1, 0.15) is 11.5 Å². The highest BCUT2D eigenvalue weighted by atomic mass is 79.9. The predicted molar refractivity (Wildman–Crippen MR) is 79.6 cm³/mol. The Bertz CT molecular complexity index is 507. The summed E-state index contributed by atoms with van der Waals surface area (Å²) < 4.78 is 13.8. The number of hydrogen-bond donors (Lipinski definition) is 1. The SMILES string of the molecule is CN(CC1CCNCC1)c1cc(F)c(Br)cc1[N+](=O)[O-]. The Morgan fingerprint density at radius 1 is 1.50 bits per heavy atom. The molecule has 5 nitrogen and oxygen atoms in total. The van der Waals surface area contributed by atoms with Crippen molar-refractivity contribution >= 4 is 27.3 Å². The van der Waals surface area contributed by atoms with Crippen LogP contribution in [0.25, 0.3) is 0 Å². The lowest BCUT2D eigenvalue weighted by Crippen LogP contribution is -2.34. The first-order chi connectivity index (χ1) is 9.49. The fourth-order valence-electron chi connectivity index (χ4n) is 2.53. The lowest BCUT2D eigenvalue weighted by atomic mass is 9.97. The molecule has 110 valence electrons. The fraction of sp³-hybridized carbons (Fsp3) is 0.538. The highest BCUT2D eigenvalue weighted by Gasteiger charge is 2.23. The smallest absolute Gasteiger partial charge is 0.293 e. The second kappa shape index (κ2) is 6.49. The first-order valence-corrected chi connectivity index (χ1v) is 7.33. The summed E-state index contributed by atoms with van der Waals surface area (Å²) in [6.45, 7) is 2.63. The minimum atomic E-state index is -0.484. The van der Waals surface area contributed by atoms with Crippen molar-refractivity contribution in [3.05, 3.63) is 32.5 Å². The van der Waals surface area contributed by atoms with Crippen LogP contribution in [0, 0.1) is 21.8 Å². The summed E-state index contributed by atoms with van der Waals surface area (Å²) in [4.78, 5) is 12.4. The third-order valence-corrected chi connectivity index (χ3v) is 4.22. The molecular weight excluding hydrogens is 329 g/mol. The van der Waals surface area contributed by atoms with Gasteiger partial charge in [0.05, 0.1) is 9.40 Å². The van der Waals surface area contributed by atoms with Crippen molar-refractivity contribution < 1.29 is 9.31 Å². The van der Waals surface area contributed by atoms with Crippen molar-refractivity contribution in [2.45, 2.75) is 12.8 Å². The van der Waals surface area contributed by atoms with Crippen LogP contribution < -0.4 is 10.2 Å². The molecule has 0 saturated carbocycles. The number of nitro groups is 1. The number of hydrogen-bond acceptors (Lipinski definition) is 4. The zero-order valence-electron chi connectivity index (χ0n) is 11.2. The lowest BCUT2D eigenvalue weighted by molar-refractivity contribution is -0.384. The van der Waals surface area contributed by atoms with Gasteiger partial charge in [-0.15, -0.1) is 0 Å². The van der Waals surface area contributed by atoms with Crippen molar-refractivity contribution in [3.63, 3.8) is 0 Å².